The molecule has 0 radical (unpaired) electrons. The number of hydrogen-bond donors (Lipinski definition) is 2. The van der Waals surface area contributed by atoms with Crippen LogP contribution >= 0.6 is 11.6 Å². The second-order valence-electron chi connectivity index (χ2n) is 3.57. The topological polar surface area (TPSA) is 72.9 Å². The van der Waals surface area contributed by atoms with E-state index in [0.29, 0.717) is 22.1 Å². The van der Waals surface area contributed by atoms with Crippen molar-refractivity contribution >= 4 is 29.0 Å². The summed E-state index contributed by atoms with van der Waals surface area (Å²) in [6, 6.07) is 6.43. The monoisotopic (exact) mass is 250 g/mol. The van der Waals surface area contributed by atoms with Gasteiger partial charge in [-0.3, -0.25) is 9.48 Å². The second kappa shape index (κ2) is 4.47. The summed E-state index contributed by atoms with van der Waals surface area (Å²) in [6.45, 7) is 0. The van der Waals surface area contributed by atoms with Crippen LogP contribution in [0.25, 0.3) is 0 Å². The van der Waals surface area contributed by atoms with Crippen molar-refractivity contribution in [3.63, 3.8) is 0 Å². The molecule has 0 aliphatic carbocycles. The Labute approximate surface area is 103 Å². The number of aromatic nitrogens is 2. The van der Waals surface area contributed by atoms with E-state index < -0.39 is 0 Å². The fraction of sp³-hybridized carbons (Fsp3) is 0.0909. The molecule has 0 bridgehead atoms. The lowest BCUT2D eigenvalue weighted by atomic mass is 10.2. The number of benzene rings is 1. The minimum atomic E-state index is -0.273. The first kappa shape index (κ1) is 11.5. The van der Waals surface area contributed by atoms with Crippen molar-refractivity contribution in [1.29, 1.82) is 0 Å². The smallest absolute Gasteiger partial charge is 0.256 e. The third-order valence-corrected chi connectivity index (χ3v) is 2.55. The summed E-state index contributed by atoms with van der Waals surface area (Å²) in [4.78, 5) is 11.8. The van der Waals surface area contributed by atoms with E-state index in [2.05, 4.69) is 10.4 Å². The number of nitrogens with zero attached hydrogens (tertiary/aromatic N) is 2. The van der Waals surface area contributed by atoms with Crippen LogP contribution in [-0.4, -0.2) is 15.7 Å². The number of carbonyl (C=O) groups excluding carboxylic acids is 1. The van der Waals surface area contributed by atoms with Crippen LogP contribution in [0.5, 0.6) is 0 Å². The van der Waals surface area contributed by atoms with E-state index in [1.165, 1.54) is 6.07 Å². The number of rotatable bonds is 2. The lowest BCUT2D eigenvalue weighted by molar-refractivity contribution is 0.102. The van der Waals surface area contributed by atoms with Crippen LogP contribution in [-0.2, 0) is 7.05 Å². The Morgan fingerprint density at radius 3 is 2.82 bits per heavy atom. The molecular weight excluding hydrogens is 240 g/mol. The molecule has 0 saturated carbocycles. The molecular formula is C11H11ClN4O. The Balaban J connectivity index is 2.17. The van der Waals surface area contributed by atoms with Crippen LogP contribution in [0.1, 0.15) is 10.4 Å². The number of carbonyl (C=O) groups is 1. The van der Waals surface area contributed by atoms with E-state index >= 15 is 0 Å². The molecule has 0 aliphatic heterocycles. The van der Waals surface area contributed by atoms with E-state index in [4.69, 9.17) is 17.3 Å². The number of aryl methyl sites for hydroxylation is 1. The standard InChI is InChI=1S/C11H11ClN4O/c1-16-5-4-10(15-16)14-11(17)7-2-3-9(13)8(12)6-7/h2-6H,13H2,1H3,(H,14,15,17). The average molecular weight is 251 g/mol. The third kappa shape index (κ3) is 2.57. The first-order chi connectivity index (χ1) is 8.06. The van der Waals surface area contributed by atoms with Crippen LogP contribution in [0.4, 0.5) is 11.5 Å². The summed E-state index contributed by atoms with van der Waals surface area (Å²) in [5.41, 5.74) is 6.45. The summed E-state index contributed by atoms with van der Waals surface area (Å²) in [5, 5.41) is 7.06. The first-order valence-electron chi connectivity index (χ1n) is 4.92. The highest BCUT2D eigenvalue weighted by Gasteiger charge is 2.09. The molecule has 88 valence electrons. The van der Waals surface area contributed by atoms with Gasteiger partial charge in [0.15, 0.2) is 5.82 Å². The van der Waals surface area contributed by atoms with Gasteiger partial charge in [0.25, 0.3) is 5.91 Å². The van der Waals surface area contributed by atoms with Crippen molar-refractivity contribution in [2.45, 2.75) is 0 Å². The van der Waals surface area contributed by atoms with Gasteiger partial charge in [0.05, 0.1) is 10.7 Å². The van der Waals surface area contributed by atoms with E-state index in [1.807, 2.05) is 0 Å². The van der Waals surface area contributed by atoms with Crippen LogP contribution in [0.15, 0.2) is 30.5 Å². The number of nitrogen functional groups attached to an aromatic ring is 1. The summed E-state index contributed by atoms with van der Waals surface area (Å²) in [6.07, 6.45) is 1.74. The molecule has 6 heteroatoms. The largest absolute Gasteiger partial charge is 0.398 e. The molecule has 0 atom stereocenters. The highest BCUT2D eigenvalue weighted by Crippen LogP contribution is 2.20. The number of amides is 1. The Kier molecular flexibility index (Phi) is 3.01. The molecule has 0 unspecified atom stereocenters. The molecule has 3 N–H and O–H groups in total. The van der Waals surface area contributed by atoms with Gasteiger partial charge in [-0.2, -0.15) is 5.10 Å². The maximum absolute atomic E-state index is 11.8. The molecule has 5 nitrogen and oxygen atoms in total. The number of hydrogen-bond acceptors (Lipinski definition) is 3. The molecule has 1 aromatic carbocycles. The highest BCUT2D eigenvalue weighted by atomic mass is 35.5. The second-order valence-corrected chi connectivity index (χ2v) is 3.97. The maximum Gasteiger partial charge on any atom is 0.256 e. The van der Waals surface area contributed by atoms with Gasteiger partial charge < -0.3 is 11.1 Å². The summed E-state index contributed by atoms with van der Waals surface area (Å²) in [5.74, 6) is 0.219. The number of nitrogens with two attached hydrogens (primary N) is 1. The summed E-state index contributed by atoms with van der Waals surface area (Å²) in [7, 11) is 1.77. The minimum absolute atomic E-state index is 0.273. The summed E-state index contributed by atoms with van der Waals surface area (Å²) >= 11 is 5.84. The van der Waals surface area contributed by atoms with E-state index in [1.54, 1.807) is 36.1 Å². The van der Waals surface area contributed by atoms with Crippen molar-refractivity contribution in [3.8, 4) is 0 Å². The molecule has 2 aromatic rings. The minimum Gasteiger partial charge on any atom is -0.398 e. The first-order valence-corrected chi connectivity index (χ1v) is 5.30. The van der Waals surface area contributed by atoms with E-state index in [-0.39, 0.29) is 5.91 Å². The molecule has 0 spiro atoms. The molecule has 1 heterocycles. The number of halogens is 1. The predicted octanol–water partition coefficient (Wildman–Crippen LogP) is 1.91. The van der Waals surface area contributed by atoms with Crippen molar-refractivity contribution < 1.29 is 4.79 Å². The molecule has 2 rings (SSSR count). The van der Waals surface area contributed by atoms with Crippen molar-refractivity contribution in [3.05, 3.63) is 41.0 Å². The zero-order valence-electron chi connectivity index (χ0n) is 9.14. The molecule has 0 aliphatic rings. The van der Waals surface area contributed by atoms with Crippen molar-refractivity contribution in [2.75, 3.05) is 11.1 Å². The lowest BCUT2D eigenvalue weighted by Crippen LogP contribution is -2.12. The fourth-order valence-corrected chi connectivity index (χ4v) is 1.52. The van der Waals surface area contributed by atoms with E-state index in [9.17, 15) is 4.79 Å². The van der Waals surface area contributed by atoms with E-state index in [0.717, 1.165) is 0 Å². The lowest BCUT2D eigenvalue weighted by Gasteiger charge is -2.03. The molecule has 0 fully saturated rings. The zero-order valence-corrected chi connectivity index (χ0v) is 9.90. The average Bonchev–Trinajstić information content (AvgIpc) is 2.68. The van der Waals surface area contributed by atoms with Crippen LogP contribution in [0.3, 0.4) is 0 Å². The predicted molar refractivity (Wildman–Crippen MR) is 67.0 cm³/mol. The van der Waals surface area contributed by atoms with Gasteiger partial charge in [-0.1, -0.05) is 11.6 Å². The van der Waals surface area contributed by atoms with Gasteiger partial charge in [0.1, 0.15) is 0 Å². The van der Waals surface area contributed by atoms with Crippen molar-refractivity contribution in [1.82, 2.24) is 9.78 Å². The van der Waals surface area contributed by atoms with Gasteiger partial charge in [-0.05, 0) is 18.2 Å². The maximum atomic E-state index is 11.8. The number of anilines is 2. The highest BCUT2D eigenvalue weighted by molar-refractivity contribution is 6.33. The third-order valence-electron chi connectivity index (χ3n) is 2.22. The molecule has 0 saturated heterocycles. The van der Waals surface area contributed by atoms with Gasteiger partial charge in [-0.15, -0.1) is 0 Å². The van der Waals surface area contributed by atoms with Gasteiger partial charge in [0, 0.05) is 24.9 Å². The normalized spacial score (nSPS) is 10.2. The Morgan fingerprint density at radius 1 is 1.47 bits per heavy atom. The van der Waals surface area contributed by atoms with Crippen LogP contribution < -0.4 is 11.1 Å². The molecule has 17 heavy (non-hydrogen) atoms. The van der Waals surface area contributed by atoms with Crippen LogP contribution in [0.2, 0.25) is 5.02 Å². The Bertz CT molecular complexity index is 564. The fourth-order valence-electron chi connectivity index (χ4n) is 1.34. The molecule has 1 amide bonds. The van der Waals surface area contributed by atoms with Crippen LogP contribution in [0, 0.1) is 0 Å². The van der Waals surface area contributed by atoms with Gasteiger partial charge in [0.2, 0.25) is 0 Å². The SMILES string of the molecule is Cn1ccc(NC(=O)c2ccc(N)c(Cl)c2)n1. The molecule has 1 aromatic heterocycles. The van der Waals surface area contributed by atoms with Gasteiger partial charge in [-0.25, -0.2) is 0 Å². The number of nitrogens with one attached hydrogen (secondary N) is 1. The quantitative estimate of drug-likeness (QED) is 0.800. The van der Waals surface area contributed by atoms with Crippen molar-refractivity contribution in [2.24, 2.45) is 7.05 Å². The van der Waals surface area contributed by atoms with Gasteiger partial charge >= 0.3 is 0 Å². The summed E-state index contributed by atoms with van der Waals surface area (Å²) < 4.78 is 1.60. The zero-order chi connectivity index (χ0) is 12.4. The Morgan fingerprint density at radius 2 is 2.24 bits per heavy atom. The Hall–Kier alpha value is -2.01.